The molecule has 0 atom stereocenters. The second-order valence-electron chi connectivity index (χ2n) is 7.04. The van der Waals surface area contributed by atoms with Gasteiger partial charge in [-0.15, -0.1) is 5.10 Å². The van der Waals surface area contributed by atoms with E-state index in [-0.39, 0.29) is 5.41 Å². The SMILES string of the molecule is CC.CC(C)(C)C.Cc1nsnc1C(C)(C)C.c1csnn1. The van der Waals surface area contributed by atoms with Crippen molar-refractivity contribution in [2.75, 3.05) is 0 Å². The number of rotatable bonds is 0. The van der Waals surface area contributed by atoms with Crippen molar-refractivity contribution in [1.82, 2.24) is 18.3 Å². The van der Waals surface area contributed by atoms with Crippen LogP contribution in [-0.4, -0.2) is 18.3 Å². The van der Waals surface area contributed by atoms with Gasteiger partial charge in [0.25, 0.3) is 0 Å². The lowest BCUT2D eigenvalue weighted by Crippen LogP contribution is -2.12. The Morgan fingerprint density at radius 2 is 1.41 bits per heavy atom. The molecular weight excluding hydrogens is 312 g/mol. The molecule has 0 bridgehead atoms. The van der Waals surface area contributed by atoms with Gasteiger partial charge in [0.05, 0.1) is 29.3 Å². The van der Waals surface area contributed by atoms with Gasteiger partial charge in [-0.25, -0.2) is 0 Å². The van der Waals surface area contributed by atoms with Crippen molar-refractivity contribution < 1.29 is 0 Å². The third kappa shape index (κ3) is 15.5. The minimum Gasteiger partial charge on any atom is -0.178 e. The Kier molecular flexibility index (Phi) is 12.4. The summed E-state index contributed by atoms with van der Waals surface area (Å²) in [5, 5.41) is 5.31. The fourth-order valence-corrected chi connectivity index (χ4v) is 2.06. The van der Waals surface area contributed by atoms with Crippen LogP contribution in [-0.2, 0) is 5.41 Å². The Labute approximate surface area is 144 Å². The van der Waals surface area contributed by atoms with Gasteiger partial charge in [-0.1, -0.05) is 66.8 Å². The maximum Gasteiger partial charge on any atom is 0.0825 e. The molecule has 4 nitrogen and oxygen atoms in total. The molecule has 0 saturated carbocycles. The number of nitrogens with zero attached hydrogens (tertiary/aromatic N) is 4. The molecule has 0 amide bonds. The number of aromatic nitrogens is 4. The predicted molar refractivity (Wildman–Crippen MR) is 99.7 cm³/mol. The highest BCUT2D eigenvalue weighted by molar-refractivity contribution is 7.03. The van der Waals surface area contributed by atoms with Crippen LogP contribution in [0.2, 0.25) is 0 Å². The van der Waals surface area contributed by atoms with E-state index in [4.69, 9.17) is 0 Å². The lowest BCUT2D eigenvalue weighted by molar-refractivity contribution is 0.469. The predicted octanol–water partition coefficient (Wildman–Crippen LogP) is 5.76. The Hall–Kier alpha value is -0.880. The average molecular weight is 345 g/mol. The normalized spacial score (nSPS) is 10.3. The Balaban J connectivity index is 0. The van der Waals surface area contributed by atoms with Gasteiger partial charge in [-0.2, -0.15) is 8.75 Å². The molecule has 2 heterocycles. The molecular formula is C16H32N4S2. The van der Waals surface area contributed by atoms with Crippen molar-refractivity contribution in [1.29, 1.82) is 0 Å². The van der Waals surface area contributed by atoms with Gasteiger partial charge in [-0.3, -0.25) is 0 Å². The van der Waals surface area contributed by atoms with Gasteiger partial charge in [0.15, 0.2) is 0 Å². The van der Waals surface area contributed by atoms with Gasteiger partial charge in [0, 0.05) is 10.8 Å². The van der Waals surface area contributed by atoms with Crippen LogP contribution in [0, 0.1) is 12.3 Å². The van der Waals surface area contributed by atoms with E-state index in [0.29, 0.717) is 5.41 Å². The topological polar surface area (TPSA) is 51.6 Å². The first-order valence-corrected chi connectivity index (χ1v) is 9.09. The Morgan fingerprint density at radius 1 is 0.909 bits per heavy atom. The highest BCUT2D eigenvalue weighted by atomic mass is 32.1. The fraction of sp³-hybridized carbons (Fsp3) is 0.750. The maximum atomic E-state index is 4.22. The largest absolute Gasteiger partial charge is 0.178 e. The fourth-order valence-electron chi connectivity index (χ4n) is 1.05. The van der Waals surface area contributed by atoms with Gasteiger partial charge < -0.3 is 0 Å². The summed E-state index contributed by atoms with van der Waals surface area (Å²) in [5.41, 5.74) is 2.84. The molecule has 6 heteroatoms. The van der Waals surface area contributed by atoms with E-state index in [1.165, 1.54) is 23.3 Å². The summed E-state index contributed by atoms with van der Waals surface area (Å²) >= 11 is 2.64. The summed E-state index contributed by atoms with van der Waals surface area (Å²) < 4.78 is 11.8. The molecule has 0 N–H and O–H groups in total. The molecule has 0 aliphatic rings. The van der Waals surface area contributed by atoms with Crippen molar-refractivity contribution in [2.24, 2.45) is 5.41 Å². The average Bonchev–Trinajstić information content (AvgIpc) is 3.01. The third-order valence-electron chi connectivity index (χ3n) is 1.65. The molecule has 0 unspecified atom stereocenters. The standard InChI is InChI=1S/C7H12N2S.C5H12.C2H2N2S.C2H6/c1-5-6(7(2,3)4)9-10-8-5;1-5(2,3)4;1-2-5-4-3-1;1-2/h1-4H3;1-4H3;1-2H;1-2H3. The monoisotopic (exact) mass is 344 g/mol. The summed E-state index contributed by atoms with van der Waals surface area (Å²) in [4.78, 5) is 0. The lowest BCUT2D eigenvalue weighted by Gasteiger charge is -2.14. The van der Waals surface area contributed by atoms with Gasteiger partial charge in [-0.05, 0) is 23.9 Å². The van der Waals surface area contributed by atoms with E-state index >= 15 is 0 Å². The Morgan fingerprint density at radius 3 is 1.55 bits per heavy atom. The van der Waals surface area contributed by atoms with Crippen LogP contribution in [0.25, 0.3) is 0 Å². The van der Waals surface area contributed by atoms with Crippen molar-refractivity contribution in [3.8, 4) is 0 Å². The molecule has 0 radical (unpaired) electrons. The summed E-state index contributed by atoms with van der Waals surface area (Å²) in [6.07, 6.45) is 1.66. The first kappa shape index (κ1) is 23.4. The van der Waals surface area contributed by atoms with Gasteiger partial charge in [0.2, 0.25) is 0 Å². The van der Waals surface area contributed by atoms with Crippen LogP contribution in [0.3, 0.4) is 0 Å². The smallest absolute Gasteiger partial charge is 0.0825 e. The molecule has 0 fully saturated rings. The molecule has 2 rings (SSSR count). The summed E-state index contributed by atoms with van der Waals surface area (Å²) in [6, 6.07) is 0. The second kappa shape index (κ2) is 11.7. The van der Waals surface area contributed by atoms with Crippen LogP contribution in [0.5, 0.6) is 0 Å². The van der Waals surface area contributed by atoms with Crippen molar-refractivity contribution in [3.05, 3.63) is 23.0 Å². The molecule has 0 aliphatic heterocycles. The molecule has 0 aromatic carbocycles. The minimum absolute atomic E-state index is 0.150. The zero-order valence-electron chi connectivity index (χ0n) is 15.8. The summed E-state index contributed by atoms with van der Waals surface area (Å²) in [7, 11) is 0. The van der Waals surface area contributed by atoms with E-state index in [2.05, 4.69) is 66.8 Å². The van der Waals surface area contributed by atoms with Crippen molar-refractivity contribution >= 4 is 23.3 Å². The van der Waals surface area contributed by atoms with E-state index in [9.17, 15) is 0 Å². The molecule has 0 saturated heterocycles. The van der Waals surface area contributed by atoms with Crippen molar-refractivity contribution in [3.63, 3.8) is 0 Å². The summed E-state index contributed by atoms with van der Waals surface area (Å²) in [5.74, 6) is 0. The number of hydrogen-bond acceptors (Lipinski definition) is 6. The zero-order chi connectivity index (χ0) is 17.8. The quantitative estimate of drug-likeness (QED) is 0.609. The van der Waals surface area contributed by atoms with Crippen molar-refractivity contribution in [2.45, 2.75) is 74.7 Å². The van der Waals surface area contributed by atoms with Gasteiger partial charge in [0.1, 0.15) is 0 Å². The number of aryl methyl sites for hydroxylation is 1. The Bertz CT molecular complexity index is 428. The van der Waals surface area contributed by atoms with Crippen LogP contribution in [0.4, 0.5) is 0 Å². The highest BCUT2D eigenvalue weighted by Gasteiger charge is 2.19. The number of hydrogen-bond donors (Lipinski definition) is 0. The lowest BCUT2D eigenvalue weighted by atomic mass is 9.91. The third-order valence-corrected chi connectivity index (χ3v) is 2.70. The van der Waals surface area contributed by atoms with E-state index < -0.39 is 0 Å². The molecule has 2 aromatic heterocycles. The van der Waals surface area contributed by atoms with Crippen LogP contribution < -0.4 is 0 Å². The minimum atomic E-state index is 0.150. The van der Waals surface area contributed by atoms with Crippen LogP contribution in [0.1, 0.15) is 73.7 Å². The highest BCUT2D eigenvalue weighted by Crippen LogP contribution is 2.22. The maximum absolute atomic E-state index is 4.22. The van der Waals surface area contributed by atoms with E-state index in [1.807, 2.05) is 26.2 Å². The van der Waals surface area contributed by atoms with E-state index in [0.717, 1.165) is 11.4 Å². The molecule has 0 spiro atoms. The van der Waals surface area contributed by atoms with E-state index in [1.54, 1.807) is 6.20 Å². The van der Waals surface area contributed by atoms with Gasteiger partial charge >= 0.3 is 0 Å². The molecule has 2 aromatic rings. The van der Waals surface area contributed by atoms with Crippen LogP contribution in [0.15, 0.2) is 11.6 Å². The second-order valence-corrected chi connectivity index (χ2v) is 8.21. The van der Waals surface area contributed by atoms with Crippen LogP contribution >= 0.6 is 23.3 Å². The summed E-state index contributed by atoms with van der Waals surface area (Å²) in [6.45, 7) is 21.2. The molecule has 22 heavy (non-hydrogen) atoms. The first-order valence-electron chi connectivity index (χ1n) is 7.52. The molecule has 0 aliphatic carbocycles. The molecule has 128 valence electrons. The zero-order valence-corrected chi connectivity index (χ0v) is 17.4. The first-order chi connectivity index (χ1) is 10.0.